The number of aryl methyl sites for hydroxylation is 2. The molecule has 134 valence electrons. The van der Waals surface area contributed by atoms with Crippen molar-refractivity contribution in [2.75, 3.05) is 18.0 Å². The van der Waals surface area contributed by atoms with Crippen LogP contribution in [0.15, 0.2) is 35.0 Å². The molecule has 0 N–H and O–H groups in total. The average molecular weight is 370 g/mol. The SMILES string of the molecule is Cc1cnc(N2CCCC(c3nc(-c4ccc(Cl)cc4)no3)C2)nc1C. The normalized spacial score (nSPS) is 17.5. The molecule has 0 radical (unpaired) electrons. The Morgan fingerprint density at radius 2 is 1.96 bits per heavy atom. The molecule has 0 aliphatic carbocycles. The fraction of sp³-hybridized carbons (Fsp3) is 0.368. The number of rotatable bonds is 3. The van der Waals surface area contributed by atoms with Crippen molar-refractivity contribution in [1.29, 1.82) is 0 Å². The van der Waals surface area contributed by atoms with Crippen LogP contribution in [-0.4, -0.2) is 33.2 Å². The van der Waals surface area contributed by atoms with E-state index in [1.807, 2.05) is 44.3 Å². The summed E-state index contributed by atoms with van der Waals surface area (Å²) in [5.74, 6) is 2.22. The number of piperidine rings is 1. The lowest BCUT2D eigenvalue weighted by Crippen LogP contribution is -2.35. The zero-order valence-electron chi connectivity index (χ0n) is 14.8. The van der Waals surface area contributed by atoms with Gasteiger partial charge in [0.25, 0.3) is 0 Å². The minimum Gasteiger partial charge on any atom is -0.340 e. The van der Waals surface area contributed by atoms with Gasteiger partial charge < -0.3 is 9.42 Å². The Hall–Kier alpha value is -2.47. The number of hydrogen-bond acceptors (Lipinski definition) is 6. The molecule has 1 aliphatic heterocycles. The van der Waals surface area contributed by atoms with Crippen molar-refractivity contribution in [1.82, 2.24) is 20.1 Å². The average Bonchev–Trinajstić information content (AvgIpc) is 3.15. The first-order valence-corrected chi connectivity index (χ1v) is 9.12. The molecular weight excluding hydrogens is 350 g/mol. The molecule has 7 heteroatoms. The van der Waals surface area contributed by atoms with E-state index < -0.39 is 0 Å². The van der Waals surface area contributed by atoms with Gasteiger partial charge in [-0.05, 0) is 56.5 Å². The molecule has 0 amide bonds. The summed E-state index contributed by atoms with van der Waals surface area (Å²) in [4.78, 5) is 15.9. The number of halogens is 1. The molecule has 1 aromatic carbocycles. The first kappa shape index (κ1) is 17.0. The third-order valence-electron chi connectivity index (χ3n) is 4.81. The molecule has 3 heterocycles. The molecular formula is C19H20ClN5O. The lowest BCUT2D eigenvalue weighted by molar-refractivity contribution is 0.332. The van der Waals surface area contributed by atoms with Gasteiger partial charge >= 0.3 is 0 Å². The van der Waals surface area contributed by atoms with Gasteiger partial charge in [-0.3, -0.25) is 0 Å². The van der Waals surface area contributed by atoms with Crippen LogP contribution in [0, 0.1) is 13.8 Å². The zero-order valence-corrected chi connectivity index (χ0v) is 15.6. The molecule has 0 saturated carbocycles. The van der Waals surface area contributed by atoms with Crippen molar-refractivity contribution < 1.29 is 4.52 Å². The summed E-state index contributed by atoms with van der Waals surface area (Å²) in [7, 11) is 0. The smallest absolute Gasteiger partial charge is 0.231 e. The van der Waals surface area contributed by atoms with E-state index in [1.165, 1.54) is 0 Å². The number of hydrogen-bond donors (Lipinski definition) is 0. The van der Waals surface area contributed by atoms with Gasteiger partial charge in [0.1, 0.15) is 0 Å². The maximum atomic E-state index is 5.94. The maximum absolute atomic E-state index is 5.94. The van der Waals surface area contributed by atoms with Gasteiger partial charge in [-0.15, -0.1) is 0 Å². The molecule has 2 aromatic heterocycles. The maximum Gasteiger partial charge on any atom is 0.231 e. The van der Waals surface area contributed by atoms with Crippen LogP contribution in [0.5, 0.6) is 0 Å². The first-order valence-electron chi connectivity index (χ1n) is 8.75. The predicted octanol–water partition coefficient (Wildman–Crippen LogP) is 4.18. The Bertz CT molecular complexity index is 909. The third kappa shape index (κ3) is 3.42. The van der Waals surface area contributed by atoms with Crippen LogP contribution in [0.1, 0.15) is 35.9 Å². The van der Waals surface area contributed by atoms with Crippen LogP contribution >= 0.6 is 11.6 Å². The lowest BCUT2D eigenvalue weighted by Gasteiger charge is -2.31. The van der Waals surface area contributed by atoms with Crippen molar-refractivity contribution >= 4 is 17.5 Å². The van der Waals surface area contributed by atoms with E-state index in [1.54, 1.807) is 0 Å². The van der Waals surface area contributed by atoms with E-state index in [9.17, 15) is 0 Å². The molecule has 26 heavy (non-hydrogen) atoms. The van der Waals surface area contributed by atoms with E-state index in [0.29, 0.717) is 16.7 Å². The highest BCUT2D eigenvalue weighted by atomic mass is 35.5. The van der Waals surface area contributed by atoms with Crippen molar-refractivity contribution in [3.05, 3.63) is 52.6 Å². The molecule has 0 spiro atoms. The van der Waals surface area contributed by atoms with Crippen molar-refractivity contribution in [3.63, 3.8) is 0 Å². The molecule has 3 aromatic rings. The standard InChI is InChI=1S/C19H20ClN5O/c1-12-10-21-19(22-13(12)2)25-9-3-4-15(11-25)18-23-17(24-26-18)14-5-7-16(20)8-6-14/h5-8,10,15H,3-4,9,11H2,1-2H3. The highest BCUT2D eigenvalue weighted by molar-refractivity contribution is 6.30. The predicted molar refractivity (Wildman–Crippen MR) is 100 cm³/mol. The Kier molecular flexibility index (Phi) is 4.59. The molecule has 1 unspecified atom stereocenters. The van der Waals surface area contributed by atoms with Gasteiger partial charge in [0.15, 0.2) is 0 Å². The molecule has 6 nitrogen and oxygen atoms in total. The van der Waals surface area contributed by atoms with Gasteiger partial charge in [0.05, 0.1) is 5.92 Å². The number of nitrogens with zero attached hydrogens (tertiary/aromatic N) is 5. The fourth-order valence-corrected chi connectivity index (χ4v) is 3.27. The van der Waals surface area contributed by atoms with Crippen molar-refractivity contribution in [2.45, 2.75) is 32.6 Å². The second-order valence-corrected chi connectivity index (χ2v) is 7.12. The monoisotopic (exact) mass is 369 g/mol. The Labute approximate surface area is 157 Å². The van der Waals surface area contributed by atoms with E-state index in [0.717, 1.165) is 48.7 Å². The minimum absolute atomic E-state index is 0.183. The van der Waals surface area contributed by atoms with Crippen molar-refractivity contribution in [3.8, 4) is 11.4 Å². The van der Waals surface area contributed by atoms with Crippen LogP contribution in [0.3, 0.4) is 0 Å². The quantitative estimate of drug-likeness (QED) is 0.689. The van der Waals surface area contributed by atoms with E-state index in [2.05, 4.69) is 25.0 Å². The molecule has 1 aliphatic rings. The summed E-state index contributed by atoms with van der Waals surface area (Å²) in [5, 5.41) is 4.82. The topological polar surface area (TPSA) is 67.9 Å². The van der Waals surface area contributed by atoms with Gasteiger partial charge in [0.2, 0.25) is 17.7 Å². The van der Waals surface area contributed by atoms with E-state index in [4.69, 9.17) is 16.1 Å². The fourth-order valence-electron chi connectivity index (χ4n) is 3.14. The van der Waals surface area contributed by atoms with Gasteiger partial charge in [-0.2, -0.15) is 4.98 Å². The summed E-state index contributed by atoms with van der Waals surface area (Å²) in [6.45, 7) is 5.76. The lowest BCUT2D eigenvalue weighted by atomic mass is 9.98. The Morgan fingerprint density at radius 3 is 2.73 bits per heavy atom. The second kappa shape index (κ2) is 7.03. The number of benzene rings is 1. The van der Waals surface area contributed by atoms with Crippen LogP contribution in [0.4, 0.5) is 5.95 Å². The Morgan fingerprint density at radius 1 is 1.15 bits per heavy atom. The zero-order chi connectivity index (χ0) is 18.1. The van der Waals surface area contributed by atoms with E-state index >= 15 is 0 Å². The summed E-state index contributed by atoms with van der Waals surface area (Å²) >= 11 is 5.94. The van der Waals surface area contributed by atoms with Crippen LogP contribution in [0.25, 0.3) is 11.4 Å². The Balaban J connectivity index is 1.53. The number of aromatic nitrogens is 4. The van der Waals surface area contributed by atoms with Crippen molar-refractivity contribution in [2.24, 2.45) is 0 Å². The van der Waals surface area contributed by atoms with Gasteiger partial charge in [0, 0.05) is 35.6 Å². The summed E-state index contributed by atoms with van der Waals surface area (Å²) in [6, 6.07) is 7.44. The molecule has 1 atom stereocenters. The second-order valence-electron chi connectivity index (χ2n) is 6.69. The first-order chi connectivity index (χ1) is 12.6. The molecule has 1 saturated heterocycles. The van der Waals surface area contributed by atoms with Gasteiger partial charge in [-0.1, -0.05) is 16.8 Å². The third-order valence-corrected chi connectivity index (χ3v) is 5.06. The molecule has 4 rings (SSSR count). The summed E-state index contributed by atoms with van der Waals surface area (Å²) in [6.07, 6.45) is 3.94. The largest absolute Gasteiger partial charge is 0.340 e. The van der Waals surface area contributed by atoms with Crippen LogP contribution < -0.4 is 4.90 Å². The molecule has 0 bridgehead atoms. The van der Waals surface area contributed by atoms with Gasteiger partial charge in [-0.25, -0.2) is 9.97 Å². The molecule has 1 fully saturated rings. The van der Waals surface area contributed by atoms with Crippen LogP contribution in [0.2, 0.25) is 5.02 Å². The minimum atomic E-state index is 0.183. The summed E-state index contributed by atoms with van der Waals surface area (Å²) < 4.78 is 5.55. The summed E-state index contributed by atoms with van der Waals surface area (Å²) in [5.41, 5.74) is 3.02. The van der Waals surface area contributed by atoms with Crippen LogP contribution in [-0.2, 0) is 0 Å². The number of anilines is 1. The van der Waals surface area contributed by atoms with E-state index in [-0.39, 0.29) is 5.92 Å². The highest BCUT2D eigenvalue weighted by Crippen LogP contribution is 2.29. The highest BCUT2D eigenvalue weighted by Gasteiger charge is 2.27.